The zero-order valence-corrected chi connectivity index (χ0v) is 19.3. The number of non-ortho nitro benzene ring substituents is 1. The first-order valence-electron chi connectivity index (χ1n) is 10.7. The Morgan fingerprint density at radius 1 is 1.06 bits per heavy atom. The van der Waals surface area contributed by atoms with E-state index in [1.165, 1.54) is 6.07 Å². The van der Waals surface area contributed by atoms with E-state index in [-0.39, 0.29) is 10.6 Å². The molecule has 0 saturated carbocycles. The molecule has 0 atom stereocenters. The summed E-state index contributed by atoms with van der Waals surface area (Å²) in [6.45, 7) is 6.37. The third-order valence-corrected chi connectivity index (χ3v) is 7.09. The molecule has 1 fully saturated rings. The summed E-state index contributed by atoms with van der Waals surface area (Å²) < 4.78 is 32.7. The van der Waals surface area contributed by atoms with Crippen molar-refractivity contribution in [3.8, 4) is 5.75 Å². The second kappa shape index (κ2) is 10.8. The maximum absolute atomic E-state index is 12.3. The second-order valence-corrected chi connectivity index (χ2v) is 9.63. The van der Waals surface area contributed by atoms with Gasteiger partial charge in [0.15, 0.2) is 0 Å². The molecule has 10 heteroatoms. The Morgan fingerprint density at radius 3 is 2.38 bits per heavy atom. The van der Waals surface area contributed by atoms with Gasteiger partial charge in [0.05, 0.1) is 22.6 Å². The first kappa shape index (κ1) is 24.0. The maximum atomic E-state index is 12.3. The molecule has 1 aliphatic heterocycles. The normalized spacial score (nSPS) is 15.0. The molecule has 0 spiro atoms. The van der Waals surface area contributed by atoms with E-state index in [1.807, 2.05) is 6.92 Å². The van der Waals surface area contributed by atoms with Gasteiger partial charge in [0.2, 0.25) is 10.0 Å². The average molecular weight is 463 g/mol. The van der Waals surface area contributed by atoms with E-state index in [0.717, 1.165) is 56.8 Å². The molecule has 174 valence electrons. The zero-order chi connectivity index (χ0) is 23.1. The van der Waals surface area contributed by atoms with Gasteiger partial charge < -0.3 is 9.64 Å². The van der Waals surface area contributed by atoms with Crippen molar-refractivity contribution in [2.45, 2.75) is 24.7 Å². The van der Waals surface area contributed by atoms with Gasteiger partial charge in [0, 0.05) is 44.9 Å². The lowest BCUT2D eigenvalue weighted by atomic mass is 10.2. The molecular weight excluding hydrogens is 432 g/mol. The highest BCUT2D eigenvalue weighted by Crippen LogP contribution is 2.32. The van der Waals surface area contributed by atoms with Crippen LogP contribution in [0.15, 0.2) is 47.4 Å². The van der Waals surface area contributed by atoms with Crippen molar-refractivity contribution in [3.63, 3.8) is 0 Å². The predicted octanol–water partition coefficient (Wildman–Crippen LogP) is 2.79. The van der Waals surface area contributed by atoms with Gasteiger partial charge in [-0.3, -0.25) is 15.0 Å². The van der Waals surface area contributed by atoms with Gasteiger partial charge in [-0.2, -0.15) is 0 Å². The van der Waals surface area contributed by atoms with Gasteiger partial charge in [0.1, 0.15) is 5.75 Å². The molecular formula is C22H30N4O5S. The fourth-order valence-corrected chi connectivity index (χ4v) is 4.79. The highest BCUT2D eigenvalue weighted by molar-refractivity contribution is 7.89. The monoisotopic (exact) mass is 462 g/mol. The number of anilines is 1. The van der Waals surface area contributed by atoms with Crippen LogP contribution in [-0.4, -0.2) is 64.6 Å². The summed E-state index contributed by atoms with van der Waals surface area (Å²) in [5.41, 5.74) is 1.82. The van der Waals surface area contributed by atoms with Crippen molar-refractivity contribution in [1.29, 1.82) is 0 Å². The first-order valence-corrected chi connectivity index (χ1v) is 12.1. The van der Waals surface area contributed by atoms with Gasteiger partial charge in [-0.05, 0) is 44.5 Å². The minimum Gasteiger partial charge on any atom is -0.495 e. The number of rotatable bonds is 10. The highest BCUT2D eigenvalue weighted by Gasteiger charge is 2.22. The summed E-state index contributed by atoms with van der Waals surface area (Å²) in [7, 11) is -1.90. The summed E-state index contributed by atoms with van der Waals surface area (Å²) in [5.74, 6) is 0.630. The number of piperazine rings is 1. The number of nitro groups is 1. The minimum absolute atomic E-state index is 0.0521. The number of sulfonamides is 1. The summed E-state index contributed by atoms with van der Waals surface area (Å²) in [5, 5.41) is 11.1. The van der Waals surface area contributed by atoms with Crippen molar-refractivity contribution in [1.82, 2.24) is 9.62 Å². The number of unbranched alkanes of at least 4 members (excludes halogenated alkanes) is 1. The molecule has 0 aliphatic carbocycles. The molecule has 0 aromatic heterocycles. The molecule has 2 aromatic carbocycles. The number of methoxy groups -OCH3 is 1. The topological polar surface area (TPSA) is 105 Å². The third-order valence-electron chi connectivity index (χ3n) is 5.61. The number of aryl methyl sites for hydroxylation is 1. The Kier molecular flexibility index (Phi) is 8.05. The first-order chi connectivity index (χ1) is 15.3. The molecule has 0 unspecified atom stereocenters. The van der Waals surface area contributed by atoms with E-state index in [0.29, 0.717) is 12.3 Å². The van der Waals surface area contributed by atoms with Gasteiger partial charge in [-0.1, -0.05) is 17.7 Å². The smallest absolute Gasteiger partial charge is 0.271 e. The molecule has 1 heterocycles. The lowest BCUT2D eigenvalue weighted by Crippen LogP contribution is -2.46. The van der Waals surface area contributed by atoms with E-state index in [2.05, 4.69) is 14.5 Å². The van der Waals surface area contributed by atoms with Crippen LogP contribution in [0.25, 0.3) is 0 Å². The van der Waals surface area contributed by atoms with Gasteiger partial charge in [-0.25, -0.2) is 13.1 Å². The number of nitro benzene ring substituents is 1. The highest BCUT2D eigenvalue weighted by atomic mass is 32.2. The van der Waals surface area contributed by atoms with Crippen LogP contribution in [0.2, 0.25) is 0 Å². The fourth-order valence-electron chi connectivity index (χ4n) is 3.72. The summed E-state index contributed by atoms with van der Waals surface area (Å²) in [6, 6.07) is 11.5. The van der Waals surface area contributed by atoms with E-state index >= 15 is 0 Å². The van der Waals surface area contributed by atoms with Gasteiger partial charge >= 0.3 is 0 Å². The predicted molar refractivity (Wildman–Crippen MR) is 124 cm³/mol. The van der Waals surface area contributed by atoms with Crippen LogP contribution in [0.3, 0.4) is 0 Å². The van der Waals surface area contributed by atoms with Gasteiger partial charge in [0.25, 0.3) is 5.69 Å². The number of hydrogen-bond donors (Lipinski definition) is 1. The van der Waals surface area contributed by atoms with Crippen molar-refractivity contribution < 1.29 is 18.1 Å². The number of ether oxygens (including phenoxy) is 1. The SMILES string of the molecule is COc1ccc([N+](=O)[O-])cc1N1CCN(CCCCNS(=O)(=O)c2ccc(C)cc2)CC1. The summed E-state index contributed by atoms with van der Waals surface area (Å²) in [6.07, 6.45) is 1.64. The fraction of sp³-hybridized carbons (Fsp3) is 0.455. The largest absolute Gasteiger partial charge is 0.495 e. The number of nitrogens with zero attached hydrogens (tertiary/aromatic N) is 3. The zero-order valence-electron chi connectivity index (χ0n) is 18.5. The van der Waals surface area contributed by atoms with Crippen molar-refractivity contribution in [3.05, 3.63) is 58.1 Å². The number of nitrogens with one attached hydrogen (secondary N) is 1. The molecule has 1 aliphatic rings. The molecule has 1 N–H and O–H groups in total. The van der Waals surface area contributed by atoms with E-state index < -0.39 is 14.9 Å². The Hall–Kier alpha value is -2.69. The Labute approximate surface area is 189 Å². The Balaban J connectivity index is 1.42. The lowest BCUT2D eigenvalue weighted by Gasteiger charge is -2.36. The Morgan fingerprint density at radius 2 is 1.75 bits per heavy atom. The molecule has 0 radical (unpaired) electrons. The van der Waals surface area contributed by atoms with Gasteiger partial charge in [-0.15, -0.1) is 0 Å². The molecule has 1 saturated heterocycles. The van der Waals surface area contributed by atoms with Crippen molar-refractivity contribution in [2.75, 3.05) is 51.3 Å². The summed E-state index contributed by atoms with van der Waals surface area (Å²) in [4.78, 5) is 15.4. The number of benzene rings is 2. The lowest BCUT2D eigenvalue weighted by molar-refractivity contribution is -0.384. The summed E-state index contributed by atoms with van der Waals surface area (Å²) >= 11 is 0. The standard InChI is InChI=1S/C22H30N4O5S/c1-18-5-8-20(9-6-18)32(29,30)23-11-3-4-12-24-13-15-25(16-14-24)21-17-19(26(27)28)7-10-22(21)31-2/h5-10,17,23H,3-4,11-16H2,1-2H3. The molecule has 2 aromatic rings. The Bertz CT molecular complexity index is 1020. The minimum atomic E-state index is -3.47. The average Bonchev–Trinajstić information content (AvgIpc) is 2.79. The van der Waals surface area contributed by atoms with Crippen LogP contribution < -0.4 is 14.4 Å². The quantitative estimate of drug-likeness (QED) is 0.329. The van der Waals surface area contributed by atoms with Crippen molar-refractivity contribution >= 4 is 21.4 Å². The van der Waals surface area contributed by atoms with E-state index in [4.69, 9.17) is 4.74 Å². The molecule has 0 bridgehead atoms. The van der Waals surface area contributed by atoms with E-state index in [1.54, 1.807) is 43.5 Å². The molecule has 0 amide bonds. The van der Waals surface area contributed by atoms with Crippen LogP contribution in [0.4, 0.5) is 11.4 Å². The number of hydrogen-bond acceptors (Lipinski definition) is 7. The van der Waals surface area contributed by atoms with Crippen LogP contribution in [0.5, 0.6) is 5.75 Å². The molecule has 32 heavy (non-hydrogen) atoms. The molecule has 3 rings (SSSR count). The van der Waals surface area contributed by atoms with E-state index in [9.17, 15) is 18.5 Å². The van der Waals surface area contributed by atoms with Crippen LogP contribution >= 0.6 is 0 Å². The van der Waals surface area contributed by atoms with Crippen molar-refractivity contribution in [2.24, 2.45) is 0 Å². The van der Waals surface area contributed by atoms with Crippen LogP contribution in [-0.2, 0) is 10.0 Å². The second-order valence-electron chi connectivity index (χ2n) is 7.86. The third kappa shape index (κ3) is 6.18. The molecule has 9 nitrogen and oxygen atoms in total. The van der Waals surface area contributed by atoms with Crippen LogP contribution in [0, 0.1) is 17.0 Å². The maximum Gasteiger partial charge on any atom is 0.271 e. The van der Waals surface area contributed by atoms with Crippen LogP contribution in [0.1, 0.15) is 18.4 Å².